The number of aromatic nitrogens is 4. The highest BCUT2D eigenvalue weighted by Crippen LogP contribution is 2.31. The highest BCUT2D eigenvalue weighted by molar-refractivity contribution is 7.16. The molecule has 0 aromatic carbocycles. The van der Waals surface area contributed by atoms with Gasteiger partial charge in [0.15, 0.2) is 5.82 Å². The minimum atomic E-state index is 0.188. The van der Waals surface area contributed by atoms with Crippen molar-refractivity contribution in [2.75, 3.05) is 13.1 Å². The fourth-order valence-electron chi connectivity index (χ4n) is 3.14. The number of fused-ring (bicyclic) bond motifs is 1. The Kier molecular flexibility index (Phi) is 4.42. The standard InChI is InChI=1S/C15H23N5OS/c1-4-11(5-2)14(21)19-8-6-12(7-9-19)13-18-20-10(3)16-17-15(20)22-13/h11-12H,4-9H2,1-3H3. The fraction of sp³-hybridized carbons (Fsp3) is 0.733. The van der Waals surface area contributed by atoms with Crippen LogP contribution < -0.4 is 0 Å². The van der Waals surface area contributed by atoms with Crippen molar-refractivity contribution in [1.82, 2.24) is 24.7 Å². The molecule has 120 valence electrons. The number of piperidine rings is 1. The van der Waals surface area contributed by atoms with E-state index in [-0.39, 0.29) is 5.92 Å². The summed E-state index contributed by atoms with van der Waals surface area (Å²) in [4.78, 5) is 15.3. The van der Waals surface area contributed by atoms with Crippen molar-refractivity contribution in [3.05, 3.63) is 10.8 Å². The largest absolute Gasteiger partial charge is 0.342 e. The summed E-state index contributed by atoms with van der Waals surface area (Å²) in [5.41, 5.74) is 0. The normalized spacial score (nSPS) is 16.8. The lowest BCUT2D eigenvalue weighted by Crippen LogP contribution is -2.41. The first-order chi connectivity index (χ1) is 10.6. The number of aryl methyl sites for hydroxylation is 1. The van der Waals surface area contributed by atoms with Crippen LogP contribution in [0.4, 0.5) is 0 Å². The highest BCUT2D eigenvalue weighted by atomic mass is 32.1. The molecule has 0 saturated carbocycles. The van der Waals surface area contributed by atoms with E-state index in [1.54, 1.807) is 11.3 Å². The Morgan fingerprint density at radius 3 is 2.55 bits per heavy atom. The molecule has 0 bridgehead atoms. The molecule has 3 heterocycles. The van der Waals surface area contributed by atoms with E-state index < -0.39 is 0 Å². The zero-order valence-corrected chi connectivity index (χ0v) is 14.3. The van der Waals surface area contributed by atoms with Crippen molar-refractivity contribution in [1.29, 1.82) is 0 Å². The number of carbonyl (C=O) groups is 1. The number of nitrogens with zero attached hydrogens (tertiary/aromatic N) is 5. The third-order valence-corrected chi connectivity index (χ3v) is 5.71. The number of likely N-dealkylation sites (tertiary alicyclic amines) is 1. The molecule has 0 spiro atoms. The van der Waals surface area contributed by atoms with Gasteiger partial charge in [-0.2, -0.15) is 9.61 Å². The van der Waals surface area contributed by atoms with Gasteiger partial charge in [-0.05, 0) is 32.6 Å². The third kappa shape index (κ3) is 2.74. The highest BCUT2D eigenvalue weighted by Gasteiger charge is 2.29. The molecule has 6 nitrogen and oxygen atoms in total. The minimum absolute atomic E-state index is 0.188. The molecule has 0 N–H and O–H groups in total. The quantitative estimate of drug-likeness (QED) is 0.868. The second kappa shape index (κ2) is 6.32. The van der Waals surface area contributed by atoms with E-state index in [1.165, 1.54) is 0 Å². The van der Waals surface area contributed by atoms with E-state index >= 15 is 0 Å². The first-order valence-electron chi connectivity index (χ1n) is 8.11. The average molecular weight is 321 g/mol. The Hall–Kier alpha value is -1.50. The summed E-state index contributed by atoms with van der Waals surface area (Å²) >= 11 is 1.62. The molecule has 2 aromatic rings. The number of carbonyl (C=O) groups excluding carboxylic acids is 1. The van der Waals surface area contributed by atoms with Crippen LogP contribution in [-0.2, 0) is 4.79 Å². The van der Waals surface area contributed by atoms with Crippen LogP contribution in [0.3, 0.4) is 0 Å². The summed E-state index contributed by atoms with van der Waals surface area (Å²) in [7, 11) is 0. The molecule has 0 aliphatic carbocycles. The first-order valence-corrected chi connectivity index (χ1v) is 8.93. The molecule has 1 saturated heterocycles. The lowest BCUT2D eigenvalue weighted by Gasteiger charge is -2.33. The smallest absolute Gasteiger partial charge is 0.234 e. The fourth-order valence-corrected chi connectivity index (χ4v) is 4.19. The molecule has 1 aliphatic heterocycles. The van der Waals surface area contributed by atoms with E-state index in [1.807, 2.05) is 16.3 Å². The van der Waals surface area contributed by atoms with Gasteiger partial charge < -0.3 is 4.90 Å². The van der Waals surface area contributed by atoms with E-state index in [0.717, 1.165) is 54.6 Å². The monoisotopic (exact) mass is 321 g/mol. The molecule has 0 unspecified atom stereocenters. The van der Waals surface area contributed by atoms with Crippen LogP contribution in [0.2, 0.25) is 0 Å². The Balaban J connectivity index is 1.65. The second-order valence-electron chi connectivity index (χ2n) is 5.99. The molecular formula is C15H23N5OS. The zero-order chi connectivity index (χ0) is 15.7. The van der Waals surface area contributed by atoms with Gasteiger partial charge in [0.25, 0.3) is 0 Å². The number of hydrogen-bond acceptors (Lipinski definition) is 5. The van der Waals surface area contributed by atoms with Crippen molar-refractivity contribution in [2.45, 2.75) is 52.4 Å². The first kappa shape index (κ1) is 15.4. The minimum Gasteiger partial charge on any atom is -0.342 e. The summed E-state index contributed by atoms with van der Waals surface area (Å²) in [6, 6.07) is 0. The van der Waals surface area contributed by atoms with Gasteiger partial charge in [0.2, 0.25) is 10.9 Å². The second-order valence-corrected chi connectivity index (χ2v) is 6.98. The zero-order valence-electron chi connectivity index (χ0n) is 13.4. The van der Waals surface area contributed by atoms with Crippen molar-refractivity contribution in [3.63, 3.8) is 0 Å². The summed E-state index contributed by atoms with van der Waals surface area (Å²) in [6.07, 6.45) is 3.86. The van der Waals surface area contributed by atoms with E-state index in [9.17, 15) is 4.79 Å². The Bertz CT molecular complexity index is 652. The van der Waals surface area contributed by atoms with E-state index in [2.05, 4.69) is 29.1 Å². The maximum atomic E-state index is 12.4. The van der Waals surface area contributed by atoms with Gasteiger partial charge in [0.05, 0.1) is 0 Å². The molecule has 0 atom stereocenters. The maximum absolute atomic E-state index is 12.4. The van der Waals surface area contributed by atoms with E-state index in [0.29, 0.717) is 11.8 Å². The molecule has 1 amide bonds. The molecule has 22 heavy (non-hydrogen) atoms. The third-order valence-electron chi connectivity index (χ3n) is 4.65. The van der Waals surface area contributed by atoms with Crippen LogP contribution >= 0.6 is 11.3 Å². The number of amides is 1. The van der Waals surface area contributed by atoms with Gasteiger partial charge in [-0.1, -0.05) is 25.2 Å². The molecule has 2 aromatic heterocycles. The maximum Gasteiger partial charge on any atom is 0.234 e. The predicted molar refractivity (Wildman–Crippen MR) is 86.0 cm³/mol. The number of hydrogen-bond donors (Lipinski definition) is 0. The van der Waals surface area contributed by atoms with Gasteiger partial charge in [0.1, 0.15) is 5.01 Å². The van der Waals surface area contributed by atoms with Crippen molar-refractivity contribution in [2.24, 2.45) is 5.92 Å². The van der Waals surface area contributed by atoms with Crippen LogP contribution in [-0.4, -0.2) is 43.7 Å². The van der Waals surface area contributed by atoms with Crippen molar-refractivity contribution in [3.8, 4) is 0 Å². The molecule has 3 rings (SSSR count). The van der Waals surface area contributed by atoms with Gasteiger partial charge >= 0.3 is 0 Å². The van der Waals surface area contributed by atoms with Gasteiger partial charge in [-0.15, -0.1) is 10.2 Å². The van der Waals surface area contributed by atoms with Crippen molar-refractivity contribution < 1.29 is 4.79 Å². The number of rotatable bonds is 4. The lowest BCUT2D eigenvalue weighted by atomic mass is 9.95. The van der Waals surface area contributed by atoms with Crippen LogP contribution in [0.1, 0.15) is 56.3 Å². The Labute approximate surface area is 134 Å². The summed E-state index contributed by atoms with van der Waals surface area (Å²) < 4.78 is 1.82. The lowest BCUT2D eigenvalue weighted by molar-refractivity contribution is -0.136. The molecule has 0 radical (unpaired) electrons. The molecule has 1 aliphatic rings. The molecular weight excluding hydrogens is 298 g/mol. The van der Waals surface area contributed by atoms with Gasteiger partial charge in [0, 0.05) is 24.9 Å². The topological polar surface area (TPSA) is 63.4 Å². The van der Waals surface area contributed by atoms with Crippen molar-refractivity contribution >= 4 is 22.2 Å². The Morgan fingerprint density at radius 1 is 1.27 bits per heavy atom. The van der Waals surface area contributed by atoms with E-state index in [4.69, 9.17) is 0 Å². The average Bonchev–Trinajstić information content (AvgIpc) is 3.11. The molecule has 7 heteroatoms. The van der Waals surface area contributed by atoms with Crippen LogP contribution in [0.15, 0.2) is 0 Å². The summed E-state index contributed by atoms with van der Waals surface area (Å²) in [6.45, 7) is 7.81. The van der Waals surface area contributed by atoms with Gasteiger partial charge in [-0.3, -0.25) is 4.79 Å². The summed E-state index contributed by atoms with van der Waals surface area (Å²) in [5, 5.41) is 13.9. The van der Waals surface area contributed by atoms with Crippen LogP contribution in [0.25, 0.3) is 4.96 Å². The predicted octanol–water partition coefficient (Wildman–Crippen LogP) is 2.64. The summed E-state index contributed by atoms with van der Waals surface area (Å²) in [5.74, 6) is 1.79. The Morgan fingerprint density at radius 2 is 1.95 bits per heavy atom. The SMILES string of the molecule is CCC(CC)C(=O)N1CCC(c2nn3c(C)nnc3s2)CC1. The van der Waals surface area contributed by atoms with Crippen LogP contribution in [0, 0.1) is 12.8 Å². The van der Waals surface area contributed by atoms with Gasteiger partial charge in [-0.25, -0.2) is 0 Å². The molecule has 1 fully saturated rings. The van der Waals surface area contributed by atoms with Crippen LogP contribution in [0.5, 0.6) is 0 Å².